The van der Waals surface area contributed by atoms with Gasteiger partial charge in [-0.3, -0.25) is 0 Å². The van der Waals surface area contributed by atoms with Gasteiger partial charge in [-0.15, -0.1) is 0 Å². The van der Waals surface area contributed by atoms with Crippen LogP contribution in [0.1, 0.15) is 12.0 Å². The first-order valence-corrected chi connectivity index (χ1v) is 7.19. The molecule has 1 N–H and O–H groups in total. The van der Waals surface area contributed by atoms with Crippen molar-refractivity contribution in [2.24, 2.45) is 0 Å². The van der Waals surface area contributed by atoms with E-state index in [0.29, 0.717) is 11.1 Å². The Balaban J connectivity index is 1.89. The number of rotatable bonds is 4. The minimum absolute atomic E-state index is 0.0779. The van der Waals surface area contributed by atoms with Gasteiger partial charge in [-0.25, -0.2) is 13.2 Å². The molecule has 3 rings (SSSR count). The summed E-state index contributed by atoms with van der Waals surface area (Å²) in [6, 6.07) is 7.46. The molecule has 1 heterocycles. The summed E-state index contributed by atoms with van der Waals surface area (Å²) < 4.78 is 46.3. The second-order valence-corrected chi connectivity index (χ2v) is 5.35. The first-order chi connectivity index (χ1) is 10.6. The van der Waals surface area contributed by atoms with Crippen LogP contribution in [0.4, 0.5) is 13.2 Å². The fourth-order valence-corrected chi connectivity index (χ4v) is 2.63. The summed E-state index contributed by atoms with van der Waals surface area (Å²) in [5.74, 6) is -1.72. The fourth-order valence-electron chi connectivity index (χ4n) is 2.63. The number of hydrogen-bond donors (Lipinski definition) is 1. The molecule has 1 saturated heterocycles. The van der Waals surface area contributed by atoms with Crippen LogP contribution in [-0.4, -0.2) is 19.2 Å². The summed E-state index contributed by atoms with van der Waals surface area (Å²) >= 11 is 0. The summed E-state index contributed by atoms with van der Waals surface area (Å²) in [4.78, 5) is 0. The van der Waals surface area contributed by atoms with Crippen LogP contribution in [0.2, 0.25) is 0 Å². The second-order valence-electron chi connectivity index (χ2n) is 5.35. The lowest BCUT2D eigenvalue weighted by Gasteiger charge is -2.14. The molecule has 5 heteroatoms. The minimum Gasteiger partial charge on any atom is -0.372 e. The van der Waals surface area contributed by atoms with Gasteiger partial charge in [-0.2, -0.15) is 0 Å². The molecule has 2 nitrogen and oxygen atoms in total. The summed E-state index contributed by atoms with van der Waals surface area (Å²) in [5, 5.41) is 3.18. The highest BCUT2D eigenvalue weighted by Crippen LogP contribution is 2.28. The fraction of sp³-hybridized carbons (Fsp3) is 0.294. The first-order valence-electron chi connectivity index (χ1n) is 7.19. The molecule has 1 aliphatic heterocycles. The lowest BCUT2D eigenvalue weighted by atomic mass is 9.99. The molecule has 0 aromatic heterocycles. The van der Waals surface area contributed by atoms with E-state index >= 15 is 0 Å². The molecule has 0 unspecified atom stereocenters. The Bertz CT molecular complexity index is 669. The van der Waals surface area contributed by atoms with Crippen molar-refractivity contribution in [2.45, 2.75) is 19.1 Å². The standard InChI is InChI=1S/C17H16F3NO/c18-12-1-3-15(16-4-2-13(19)8-17(16)20)11(7-12)10-22-14-5-6-21-9-14/h1-4,7-8,14,21H,5-6,9-10H2/t14-/m0/s1. The van der Waals surface area contributed by atoms with Crippen LogP contribution in [0.3, 0.4) is 0 Å². The van der Waals surface area contributed by atoms with E-state index in [2.05, 4.69) is 5.32 Å². The molecular formula is C17H16F3NO. The molecule has 22 heavy (non-hydrogen) atoms. The van der Waals surface area contributed by atoms with Crippen molar-refractivity contribution in [1.29, 1.82) is 0 Å². The molecule has 1 fully saturated rings. The Labute approximate surface area is 126 Å². The van der Waals surface area contributed by atoms with E-state index in [9.17, 15) is 13.2 Å². The Morgan fingerprint density at radius 1 is 1.00 bits per heavy atom. The Morgan fingerprint density at radius 2 is 1.73 bits per heavy atom. The van der Waals surface area contributed by atoms with Crippen molar-refractivity contribution in [3.8, 4) is 11.1 Å². The molecule has 0 saturated carbocycles. The third kappa shape index (κ3) is 3.31. The number of ether oxygens (including phenoxy) is 1. The van der Waals surface area contributed by atoms with Gasteiger partial charge in [-0.1, -0.05) is 6.07 Å². The van der Waals surface area contributed by atoms with Crippen LogP contribution in [0, 0.1) is 17.5 Å². The van der Waals surface area contributed by atoms with Crippen LogP contribution in [0.5, 0.6) is 0 Å². The van der Waals surface area contributed by atoms with E-state index in [4.69, 9.17) is 4.74 Å². The summed E-state index contributed by atoms with van der Waals surface area (Å²) in [6.07, 6.45) is 0.976. The van der Waals surface area contributed by atoms with Crippen molar-refractivity contribution in [1.82, 2.24) is 5.32 Å². The molecule has 116 valence electrons. The van der Waals surface area contributed by atoms with Crippen LogP contribution in [0.15, 0.2) is 36.4 Å². The van der Waals surface area contributed by atoms with Crippen LogP contribution >= 0.6 is 0 Å². The monoisotopic (exact) mass is 307 g/mol. The molecule has 2 aromatic rings. The molecule has 2 aromatic carbocycles. The number of halogens is 3. The average molecular weight is 307 g/mol. The number of nitrogens with one attached hydrogen (secondary N) is 1. The predicted molar refractivity (Wildman–Crippen MR) is 77.8 cm³/mol. The predicted octanol–water partition coefficient (Wildman–Crippen LogP) is 3.65. The maximum Gasteiger partial charge on any atom is 0.133 e. The summed E-state index contributed by atoms with van der Waals surface area (Å²) in [5.41, 5.74) is 1.31. The van der Waals surface area contributed by atoms with E-state index < -0.39 is 17.5 Å². The van der Waals surface area contributed by atoms with E-state index in [-0.39, 0.29) is 18.3 Å². The van der Waals surface area contributed by atoms with Crippen molar-refractivity contribution in [3.63, 3.8) is 0 Å². The SMILES string of the molecule is Fc1ccc(-c2ccc(F)cc2CO[C@H]2CCNC2)c(F)c1. The van der Waals surface area contributed by atoms with Gasteiger partial charge in [-0.05, 0) is 48.4 Å². The normalized spacial score (nSPS) is 17.9. The van der Waals surface area contributed by atoms with Crippen LogP contribution in [-0.2, 0) is 11.3 Å². The highest BCUT2D eigenvalue weighted by molar-refractivity contribution is 5.67. The van der Waals surface area contributed by atoms with Gasteiger partial charge >= 0.3 is 0 Å². The van der Waals surface area contributed by atoms with E-state index in [1.807, 2.05) is 0 Å². The smallest absolute Gasteiger partial charge is 0.133 e. The molecule has 0 bridgehead atoms. The van der Waals surface area contributed by atoms with Gasteiger partial charge in [0.15, 0.2) is 0 Å². The average Bonchev–Trinajstić information content (AvgIpc) is 2.99. The largest absolute Gasteiger partial charge is 0.372 e. The number of hydrogen-bond acceptors (Lipinski definition) is 2. The third-order valence-corrected chi connectivity index (χ3v) is 3.78. The number of benzene rings is 2. The van der Waals surface area contributed by atoms with Crippen LogP contribution in [0.25, 0.3) is 11.1 Å². The molecule has 0 aliphatic carbocycles. The van der Waals surface area contributed by atoms with Crippen LogP contribution < -0.4 is 5.32 Å². The van der Waals surface area contributed by atoms with E-state index in [1.165, 1.54) is 30.3 Å². The Hall–Kier alpha value is -1.85. The molecule has 1 aliphatic rings. The van der Waals surface area contributed by atoms with Crippen molar-refractivity contribution >= 4 is 0 Å². The summed E-state index contributed by atoms with van der Waals surface area (Å²) in [6.45, 7) is 1.85. The zero-order chi connectivity index (χ0) is 15.5. The second kappa shape index (κ2) is 6.50. The topological polar surface area (TPSA) is 21.3 Å². The molecule has 0 spiro atoms. The van der Waals surface area contributed by atoms with Gasteiger partial charge in [0.1, 0.15) is 17.5 Å². The van der Waals surface area contributed by atoms with Gasteiger partial charge in [0, 0.05) is 18.2 Å². The zero-order valence-electron chi connectivity index (χ0n) is 11.9. The summed E-state index contributed by atoms with van der Waals surface area (Å²) in [7, 11) is 0. The molecular weight excluding hydrogens is 291 g/mol. The quantitative estimate of drug-likeness (QED) is 0.931. The van der Waals surface area contributed by atoms with E-state index in [0.717, 1.165) is 25.6 Å². The highest BCUT2D eigenvalue weighted by Gasteiger charge is 2.17. The maximum absolute atomic E-state index is 14.0. The van der Waals surface area contributed by atoms with Crippen molar-refractivity contribution in [3.05, 3.63) is 59.4 Å². The lowest BCUT2D eigenvalue weighted by Crippen LogP contribution is -2.16. The molecule has 0 amide bonds. The van der Waals surface area contributed by atoms with Crippen molar-refractivity contribution in [2.75, 3.05) is 13.1 Å². The maximum atomic E-state index is 14.0. The minimum atomic E-state index is -0.671. The third-order valence-electron chi connectivity index (χ3n) is 3.78. The van der Waals surface area contributed by atoms with Gasteiger partial charge in [0.2, 0.25) is 0 Å². The molecule has 0 radical (unpaired) electrons. The van der Waals surface area contributed by atoms with Gasteiger partial charge < -0.3 is 10.1 Å². The van der Waals surface area contributed by atoms with Gasteiger partial charge in [0.05, 0.1) is 12.7 Å². The molecule has 1 atom stereocenters. The Kier molecular flexibility index (Phi) is 4.45. The lowest BCUT2D eigenvalue weighted by molar-refractivity contribution is 0.0543. The van der Waals surface area contributed by atoms with E-state index in [1.54, 1.807) is 0 Å². The highest BCUT2D eigenvalue weighted by atomic mass is 19.1. The van der Waals surface area contributed by atoms with Gasteiger partial charge in [0.25, 0.3) is 0 Å². The zero-order valence-corrected chi connectivity index (χ0v) is 11.9. The Morgan fingerprint density at radius 3 is 2.41 bits per heavy atom. The first kappa shape index (κ1) is 15.1. The van der Waals surface area contributed by atoms with Crippen molar-refractivity contribution < 1.29 is 17.9 Å².